The SMILES string of the molecule is CCCC(N)C(O)C(=O)NCC(=O)N[C@H](C(=O)OC(C)(C)C)c1ccccc1. The van der Waals surface area contributed by atoms with Crippen LogP contribution >= 0.6 is 0 Å². The molecule has 156 valence electrons. The highest BCUT2D eigenvalue weighted by molar-refractivity contribution is 5.90. The van der Waals surface area contributed by atoms with E-state index in [0.717, 1.165) is 6.42 Å². The van der Waals surface area contributed by atoms with E-state index in [1.54, 1.807) is 51.1 Å². The second-order valence-electron chi connectivity index (χ2n) is 7.56. The summed E-state index contributed by atoms with van der Waals surface area (Å²) in [6, 6.07) is 6.95. The Kier molecular flexibility index (Phi) is 9.08. The van der Waals surface area contributed by atoms with Crippen molar-refractivity contribution < 1.29 is 24.2 Å². The van der Waals surface area contributed by atoms with Crippen molar-refractivity contribution in [2.24, 2.45) is 5.73 Å². The number of carbonyl (C=O) groups is 3. The summed E-state index contributed by atoms with van der Waals surface area (Å²) in [4.78, 5) is 36.7. The van der Waals surface area contributed by atoms with E-state index in [9.17, 15) is 19.5 Å². The van der Waals surface area contributed by atoms with Gasteiger partial charge in [-0.25, -0.2) is 4.79 Å². The molecule has 8 nitrogen and oxygen atoms in total. The molecule has 1 aromatic rings. The molecule has 0 aliphatic heterocycles. The number of aliphatic hydroxyl groups is 1. The Morgan fingerprint density at radius 3 is 2.32 bits per heavy atom. The van der Waals surface area contributed by atoms with Gasteiger partial charge in [0.15, 0.2) is 6.04 Å². The van der Waals surface area contributed by atoms with Gasteiger partial charge in [-0.2, -0.15) is 0 Å². The zero-order valence-corrected chi connectivity index (χ0v) is 16.9. The Labute approximate surface area is 165 Å². The molecule has 0 bridgehead atoms. The zero-order chi connectivity index (χ0) is 21.3. The molecule has 0 fully saturated rings. The standard InChI is InChI=1S/C20H31N3O5/c1-5-9-14(21)17(25)18(26)22-12-15(24)23-16(13-10-7-6-8-11-13)19(27)28-20(2,3)4/h6-8,10-11,14,16-17,25H,5,9,12,21H2,1-4H3,(H,22,26)(H,23,24)/t14?,16-,17?/m0/s1. The van der Waals surface area contributed by atoms with Crippen molar-refractivity contribution >= 4 is 17.8 Å². The molecule has 8 heteroatoms. The largest absolute Gasteiger partial charge is 0.458 e. The average molecular weight is 393 g/mol. The molecule has 1 aromatic carbocycles. The van der Waals surface area contributed by atoms with E-state index in [1.807, 2.05) is 6.92 Å². The number of carbonyl (C=O) groups excluding carboxylic acids is 3. The van der Waals surface area contributed by atoms with Gasteiger partial charge < -0.3 is 26.2 Å². The lowest BCUT2D eigenvalue weighted by molar-refractivity contribution is -0.158. The number of esters is 1. The highest BCUT2D eigenvalue weighted by Gasteiger charge is 2.28. The van der Waals surface area contributed by atoms with Crippen molar-refractivity contribution in [3.8, 4) is 0 Å². The summed E-state index contributed by atoms with van der Waals surface area (Å²) in [6.45, 7) is 6.68. The number of ether oxygens (including phenoxy) is 1. The van der Waals surface area contributed by atoms with Crippen LogP contribution in [0.1, 0.15) is 52.1 Å². The molecule has 1 rings (SSSR count). The van der Waals surface area contributed by atoms with Crippen LogP contribution in [-0.4, -0.2) is 47.2 Å². The minimum atomic E-state index is -1.40. The van der Waals surface area contributed by atoms with E-state index < -0.39 is 48.1 Å². The Bertz CT molecular complexity index is 658. The Hall–Kier alpha value is -2.45. The number of hydrogen-bond donors (Lipinski definition) is 4. The minimum absolute atomic E-state index is 0.402. The van der Waals surface area contributed by atoms with E-state index in [1.165, 1.54) is 0 Å². The molecular weight excluding hydrogens is 362 g/mol. The van der Waals surface area contributed by atoms with Gasteiger partial charge in [0, 0.05) is 6.04 Å². The van der Waals surface area contributed by atoms with Crippen LogP contribution in [0.3, 0.4) is 0 Å². The summed E-state index contributed by atoms with van der Waals surface area (Å²) >= 11 is 0. The fourth-order valence-corrected chi connectivity index (χ4v) is 2.45. The number of benzene rings is 1. The lowest BCUT2D eigenvalue weighted by Gasteiger charge is -2.25. The smallest absolute Gasteiger partial charge is 0.333 e. The van der Waals surface area contributed by atoms with Crippen molar-refractivity contribution in [2.75, 3.05) is 6.54 Å². The van der Waals surface area contributed by atoms with Gasteiger partial charge in [-0.05, 0) is 32.8 Å². The average Bonchev–Trinajstić information content (AvgIpc) is 2.62. The molecule has 0 spiro atoms. The summed E-state index contributed by atoms with van der Waals surface area (Å²) in [6.07, 6.45) is -0.195. The molecule has 5 N–H and O–H groups in total. The first-order chi connectivity index (χ1) is 13.0. The summed E-state index contributed by atoms with van der Waals surface area (Å²) in [7, 11) is 0. The number of rotatable bonds is 9. The van der Waals surface area contributed by atoms with Crippen LogP contribution in [0.15, 0.2) is 30.3 Å². The highest BCUT2D eigenvalue weighted by Crippen LogP contribution is 2.18. The van der Waals surface area contributed by atoms with Gasteiger partial charge >= 0.3 is 5.97 Å². The highest BCUT2D eigenvalue weighted by atomic mass is 16.6. The predicted molar refractivity (Wildman–Crippen MR) is 105 cm³/mol. The summed E-state index contributed by atoms with van der Waals surface area (Å²) in [5.74, 6) is -1.93. The van der Waals surface area contributed by atoms with E-state index in [0.29, 0.717) is 12.0 Å². The topological polar surface area (TPSA) is 131 Å². The molecule has 3 atom stereocenters. The Balaban J connectivity index is 2.74. The van der Waals surface area contributed by atoms with E-state index in [4.69, 9.17) is 10.5 Å². The van der Waals surface area contributed by atoms with Crippen LogP contribution in [0.2, 0.25) is 0 Å². The fraction of sp³-hybridized carbons (Fsp3) is 0.550. The maximum absolute atomic E-state index is 12.5. The molecular formula is C20H31N3O5. The lowest BCUT2D eigenvalue weighted by Crippen LogP contribution is -2.49. The molecule has 0 aromatic heterocycles. The predicted octanol–water partition coefficient (Wildman–Crippen LogP) is 0.790. The summed E-state index contributed by atoms with van der Waals surface area (Å²) < 4.78 is 5.38. The molecule has 0 aliphatic rings. The lowest BCUT2D eigenvalue weighted by atomic mass is 10.1. The van der Waals surface area contributed by atoms with Gasteiger partial charge in [0.25, 0.3) is 5.91 Å². The molecule has 0 aliphatic carbocycles. The van der Waals surface area contributed by atoms with Gasteiger partial charge in [-0.1, -0.05) is 43.7 Å². The van der Waals surface area contributed by atoms with Crippen LogP contribution in [-0.2, 0) is 19.1 Å². The molecule has 2 amide bonds. The van der Waals surface area contributed by atoms with Gasteiger partial charge in [-0.15, -0.1) is 0 Å². The Morgan fingerprint density at radius 2 is 1.79 bits per heavy atom. The quantitative estimate of drug-likeness (QED) is 0.459. The fourth-order valence-electron chi connectivity index (χ4n) is 2.45. The van der Waals surface area contributed by atoms with Gasteiger partial charge in [0.05, 0.1) is 6.54 Å². The number of amides is 2. The van der Waals surface area contributed by atoms with Crippen LogP contribution in [0.25, 0.3) is 0 Å². The maximum atomic E-state index is 12.5. The number of nitrogens with one attached hydrogen (secondary N) is 2. The van der Waals surface area contributed by atoms with Crippen LogP contribution in [0.4, 0.5) is 0 Å². The second-order valence-corrected chi connectivity index (χ2v) is 7.56. The normalized spacial score (nSPS) is 14.5. The third-order valence-electron chi connectivity index (χ3n) is 3.80. The van der Waals surface area contributed by atoms with Gasteiger partial charge in [-0.3, -0.25) is 9.59 Å². The molecule has 0 saturated heterocycles. The third-order valence-corrected chi connectivity index (χ3v) is 3.80. The number of hydrogen-bond acceptors (Lipinski definition) is 6. The molecule has 28 heavy (non-hydrogen) atoms. The molecule has 0 saturated carbocycles. The third kappa shape index (κ3) is 8.06. The molecule has 0 radical (unpaired) electrons. The second kappa shape index (κ2) is 10.8. The summed E-state index contributed by atoms with van der Waals surface area (Å²) in [5.41, 5.74) is 5.55. The van der Waals surface area contributed by atoms with Crippen molar-refractivity contribution in [1.82, 2.24) is 10.6 Å². The van der Waals surface area contributed by atoms with Crippen molar-refractivity contribution in [1.29, 1.82) is 0 Å². The van der Waals surface area contributed by atoms with E-state index in [-0.39, 0.29) is 0 Å². The Morgan fingerprint density at radius 1 is 1.18 bits per heavy atom. The maximum Gasteiger partial charge on any atom is 0.333 e. The van der Waals surface area contributed by atoms with Crippen LogP contribution < -0.4 is 16.4 Å². The van der Waals surface area contributed by atoms with Crippen molar-refractivity contribution in [2.45, 2.75) is 64.3 Å². The summed E-state index contributed by atoms with van der Waals surface area (Å²) in [5, 5.41) is 14.8. The van der Waals surface area contributed by atoms with E-state index >= 15 is 0 Å². The minimum Gasteiger partial charge on any atom is -0.458 e. The molecule has 2 unspecified atom stereocenters. The van der Waals surface area contributed by atoms with Crippen molar-refractivity contribution in [3.05, 3.63) is 35.9 Å². The van der Waals surface area contributed by atoms with Crippen molar-refractivity contribution in [3.63, 3.8) is 0 Å². The van der Waals surface area contributed by atoms with Crippen LogP contribution in [0.5, 0.6) is 0 Å². The zero-order valence-electron chi connectivity index (χ0n) is 16.9. The number of nitrogens with two attached hydrogens (primary N) is 1. The number of aliphatic hydroxyl groups excluding tert-OH is 1. The monoisotopic (exact) mass is 393 g/mol. The first-order valence-corrected chi connectivity index (χ1v) is 9.33. The first kappa shape index (κ1) is 23.6. The van der Waals surface area contributed by atoms with Gasteiger partial charge in [0.1, 0.15) is 11.7 Å². The first-order valence-electron chi connectivity index (χ1n) is 9.33. The van der Waals surface area contributed by atoms with E-state index in [2.05, 4.69) is 10.6 Å². The van der Waals surface area contributed by atoms with Gasteiger partial charge in [0.2, 0.25) is 5.91 Å². The van der Waals surface area contributed by atoms with Crippen LogP contribution in [0, 0.1) is 0 Å². The molecule has 0 heterocycles.